The highest BCUT2D eigenvalue weighted by molar-refractivity contribution is 5.61. The van der Waals surface area contributed by atoms with Gasteiger partial charge in [-0.25, -0.2) is 19.3 Å². The van der Waals surface area contributed by atoms with Crippen molar-refractivity contribution in [2.75, 3.05) is 17.3 Å². The summed E-state index contributed by atoms with van der Waals surface area (Å²) in [4.78, 5) is 19.7. The Kier molecular flexibility index (Phi) is 6.85. The zero-order valence-electron chi connectivity index (χ0n) is 18.6. The van der Waals surface area contributed by atoms with Crippen molar-refractivity contribution in [1.82, 2.24) is 19.9 Å². The Morgan fingerprint density at radius 1 is 0.939 bits per heavy atom. The number of nitrogens with two attached hydrogens (primary N) is 1. The quantitative estimate of drug-likeness (QED) is 0.418. The lowest BCUT2D eigenvalue weighted by atomic mass is 10.0. The summed E-state index contributed by atoms with van der Waals surface area (Å²) >= 11 is 0. The van der Waals surface area contributed by atoms with Crippen molar-refractivity contribution < 1.29 is 4.39 Å². The van der Waals surface area contributed by atoms with Crippen molar-refractivity contribution >= 4 is 17.6 Å². The van der Waals surface area contributed by atoms with Crippen LogP contribution in [0.15, 0.2) is 73.1 Å². The van der Waals surface area contributed by atoms with E-state index in [1.807, 2.05) is 30.1 Å². The smallest absolute Gasteiger partial charge is 0.224 e. The van der Waals surface area contributed by atoms with Gasteiger partial charge in [0.05, 0.1) is 0 Å². The van der Waals surface area contributed by atoms with Gasteiger partial charge in [-0.2, -0.15) is 4.98 Å². The van der Waals surface area contributed by atoms with Crippen LogP contribution >= 0.6 is 0 Å². The highest BCUT2D eigenvalue weighted by Crippen LogP contribution is 2.23. The van der Waals surface area contributed by atoms with E-state index in [9.17, 15) is 4.39 Å². The SMILES string of the molecule is C[C@@H](Cc1cccc(CN)c1)Nc1nccc(N(C)c2ccnc(-c3cccc(F)c3)n2)n1. The van der Waals surface area contributed by atoms with Gasteiger partial charge >= 0.3 is 0 Å². The Labute approximate surface area is 192 Å². The maximum absolute atomic E-state index is 13.6. The predicted molar refractivity (Wildman–Crippen MR) is 129 cm³/mol. The molecule has 0 bridgehead atoms. The zero-order valence-corrected chi connectivity index (χ0v) is 18.6. The number of anilines is 3. The molecule has 0 aliphatic heterocycles. The predicted octanol–water partition coefficient (Wildman–Crippen LogP) is 4.34. The minimum atomic E-state index is -0.328. The van der Waals surface area contributed by atoms with Crippen LogP contribution in [0.2, 0.25) is 0 Å². The molecular weight excluding hydrogens is 417 g/mol. The molecule has 3 N–H and O–H groups in total. The molecule has 0 aliphatic rings. The second-order valence-electron chi connectivity index (χ2n) is 7.82. The van der Waals surface area contributed by atoms with E-state index in [-0.39, 0.29) is 11.9 Å². The maximum Gasteiger partial charge on any atom is 0.224 e. The summed E-state index contributed by atoms with van der Waals surface area (Å²) in [6.45, 7) is 2.61. The lowest BCUT2D eigenvalue weighted by molar-refractivity contribution is 0.628. The lowest BCUT2D eigenvalue weighted by Gasteiger charge is -2.19. The van der Waals surface area contributed by atoms with E-state index in [2.05, 4.69) is 44.3 Å². The molecule has 0 aliphatic carbocycles. The topological polar surface area (TPSA) is 92.8 Å². The normalized spacial score (nSPS) is 11.8. The minimum absolute atomic E-state index is 0.122. The highest BCUT2D eigenvalue weighted by Gasteiger charge is 2.12. The number of hydrogen-bond donors (Lipinski definition) is 2. The van der Waals surface area contributed by atoms with Gasteiger partial charge in [0, 0.05) is 37.6 Å². The van der Waals surface area contributed by atoms with Gasteiger partial charge in [0.1, 0.15) is 17.5 Å². The first kappa shape index (κ1) is 22.3. The second kappa shape index (κ2) is 10.1. The summed E-state index contributed by atoms with van der Waals surface area (Å²) in [6.07, 6.45) is 4.18. The average molecular weight is 444 g/mol. The molecule has 7 nitrogen and oxygen atoms in total. The third-order valence-electron chi connectivity index (χ3n) is 5.20. The average Bonchev–Trinajstić information content (AvgIpc) is 2.84. The Morgan fingerprint density at radius 3 is 2.45 bits per heavy atom. The first-order valence-electron chi connectivity index (χ1n) is 10.7. The molecule has 2 aromatic heterocycles. The number of benzene rings is 2. The summed E-state index contributed by atoms with van der Waals surface area (Å²) in [5.41, 5.74) is 8.68. The molecule has 168 valence electrons. The van der Waals surface area contributed by atoms with E-state index in [1.54, 1.807) is 30.6 Å². The van der Waals surface area contributed by atoms with Crippen LogP contribution in [0, 0.1) is 5.82 Å². The van der Waals surface area contributed by atoms with Crippen LogP contribution in [0.1, 0.15) is 18.1 Å². The number of rotatable bonds is 8. The molecule has 1 atom stereocenters. The Bertz CT molecular complexity index is 1230. The standard InChI is InChI=1S/C25H26FN7/c1-17(13-18-5-3-6-19(14-18)16-27)30-25-29-12-10-23(32-25)33(2)22-9-11-28-24(31-22)20-7-4-8-21(26)15-20/h3-12,14-15,17H,13,16,27H2,1-2H3,(H,29,30,32)/t17-/m0/s1. The molecule has 8 heteroatoms. The molecule has 0 fully saturated rings. The van der Waals surface area contributed by atoms with Crippen LogP contribution in [0.4, 0.5) is 22.0 Å². The first-order chi connectivity index (χ1) is 16.0. The summed E-state index contributed by atoms with van der Waals surface area (Å²) in [5, 5.41) is 3.36. The van der Waals surface area contributed by atoms with E-state index < -0.39 is 0 Å². The number of hydrogen-bond acceptors (Lipinski definition) is 7. The van der Waals surface area contributed by atoms with Gasteiger partial charge in [-0.15, -0.1) is 0 Å². The van der Waals surface area contributed by atoms with E-state index in [4.69, 9.17) is 5.73 Å². The molecule has 2 aromatic carbocycles. The fourth-order valence-electron chi connectivity index (χ4n) is 3.53. The van der Waals surface area contributed by atoms with E-state index in [0.717, 1.165) is 12.0 Å². The third-order valence-corrected chi connectivity index (χ3v) is 5.20. The van der Waals surface area contributed by atoms with Gasteiger partial charge in [0.15, 0.2) is 5.82 Å². The van der Waals surface area contributed by atoms with Crippen molar-refractivity contribution in [2.45, 2.75) is 25.9 Å². The number of halogens is 1. The van der Waals surface area contributed by atoms with E-state index in [1.165, 1.54) is 17.7 Å². The molecule has 0 unspecified atom stereocenters. The summed E-state index contributed by atoms with van der Waals surface area (Å²) in [5.74, 6) is 1.96. The Morgan fingerprint density at radius 2 is 1.67 bits per heavy atom. The fraction of sp³-hybridized carbons (Fsp3) is 0.200. The van der Waals surface area contributed by atoms with Gasteiger partial charge < -0.3 is 16.0 Å². The van der Waals surface area contributed by atoms with Crippen molar-refractivity contribution in [3.05, 3.63) is 90.0 Å². The molecule has 0 radical (unpaired) electrons. The van der Waals surface area contributed by atoms with Crippen LogP contribution in [0.3, 0.4) is 0 Å². The molecule has 0 saturated heterocycles. The van der Waals surface area contributed by atoms with Gasteiger partial charge in [-0.3, -0.25) is 0 Å². The maximum atomic E-state index is 13.6. The third kappa shape index (κ3) is 5.67. The Balaban J connectivity index is 1.48. The molecular formula is C25H26FN7. The first-order valence-corrected chi connectivity index (χ1v) is 10.7. The van der Waals surface area contributed by atoms with Crippen LogP contribution < -0.4 is 16.0 Å². The number of nitrogens with zero attached hydrogens (tertiary/aromatic N) is 5. The van der Waals surface area contributed by atoms with Crippen LogP contribution in [0.25, 0.3) is 11.4 Å². The molecule has 0 saturated carbocycles. The monoisotopic (exact) mass is 443 g/mol. The molecule has 0 amide bonds. The molecule has 4 aromatic rings. The van der Waals surface area contributed by atoms with E-state index in [0.29, 0.717) is 35.5 Å². The van der Waals surface area contributed by atoms with Gasteiger partial charge in [0.2, 0.25) is 5.95 Å². The van der Waals surface area contributed by atoms with Crippen molar-refractivity contribution in [3.63, 3.8) is 0 Å². The molecule has 2 heterocycles. The molecule has 33 heavy (non-hydrogen) atoms. The van der Waals surface area contributed by atoms with Gasteiger partial charge in [0.25, 0.3) is 0 Å². The second-order valence-corrected chi connectivity index (χ2v) is 7.82. The molecule has 4 rings (SSSR count). The zero-order chi connectivity index (χ0) is 23.2. The lowest BCUT2D eigenvalue weighted by Crippen LogP contribution is -2.21. The van der Waals surface area contributed by atoms with E-state index >= 15 is 0 Å². The molecule has 0 spiro atoms. The summed E-state index contributed by atoms with van der Waals surface area (Å²) in [6, 6.07) is 18.2. The van der Waals surface area contributed by atoms with Gasteiger partial charge in [-0.1, -0.05) is 36.4 Å². The number of aromatic nitrogens is 4. The van der Waals surface area contributed by atoms with Crippen LogP contribution in [0.5, 0.6) is 0 Å². The highest BCUT2D eigenvalue weighted by atomic mass is 19.1. The minimum Gasteiger partial charge on any atom is -0.351 e. The van der Waals surface area contributed by atoms with Gasteiger partial charge in [-0.05, 0) is 48.7 Å². The fourth-order valence-corrected chi connectivity index (χ4v) is 3.53. The van der Waals surface area contributed by atoms with Crippen LogP contribution in [-0.4, -0.2) is 33.0 Å². The summed E-state index contributed by atoms with van der Waals surface area (Å²) < 4.78 is 13.6. The number of nitrogens with one attached hydrogen (secondary N) is 1. The van der Waals surface area contributed by atoms with Crippen molar-refractivity contribution in [3.8, 4) is 11.4 Å². The largest absolute Gasteiger partial charge is 0.351 e. The van der Waals surface area contributed by atoms with Crippen LogP contribution in [-0.2, 0) is 13.0 Å². The van der Waals surface area contributed by atoms with Crippen molar-refractivity contribution in [2.24, 2.45) is 5.73 Å². The van der Waals surface area contributed by atoms with Crippen molar-refractivity contribution in [1.29, 1.82) is 0 Å². The summed E-state index contributed by atoms with van der Waals surface area (Å²) in [7, 11) is 1.87. The Hall–Kier alpha value is -3.91.